The van der Waals surface area contributed by atoms with Crippen LogP contribution in [-0.2, 0) is 4.74 Å². The fraction of sp³-hybridized carbons (Fsp3) is 0.889. The van der Waals surface area contributed by atoms with Gasteiger partial charge in [0.2, 0.25) is 0 Å². The molecule has 1 N–H and O–H groups in total. The van der Waals surface area contributed by atoms with Crippen molar-refractivity contribution < 1.29 is 4.74 Å². The summed E-state index contributed by atoms with van der Waals surface area (Å²) in [5, 5.41) is 3.35. The average molecular weight is 156 g/mol. The third-order valence-electron chi connectivity index (χ3n) is 1.86. The molecule has 0 saturated carbocycles. The second-order valence-corrected chi connectivity index (χ2v) is 3.53. The lowest BCUT2D eigenvalue weighted by Crippen LogP contribution is -2.41. The molecule has 1 aliphatic rings. The van der Waals surface area contributed by atoms with Crippen molar-refractivity contribution in [3.8, 4) is 0 Å². The van der Waals surface area contributed by atoms with Gasteiger partial charge in [-0.3, -0.25) is 5.32 Å². The largest absolute Gasteiger partial charge is 0.361 e. The van der Waals surface area contributed by atoms with Gasteiger partial charge in [0.1, 0.15) is 6.23 Å². The van der Waals surface area contributed by atoms with Gasteiger partial charge < -0.3 is 4.74 Å². The Bertz CT molecular complexity index is 106. The van der Waals surface area contributed by atoms with Crippen LogP contribution in [0.3, 0.4) is 0 Å². The van der Waals surface area contributed by atoms with E-state index in [2.05, 4.69) is 32.5 Å². The van der Waals surface area contributed by atoms with Gasteiger partial charge in [0.15, 0.2) is 0 Å². The third-order valence-corrected chi connectivity index (χ3v) is 1.86. The molecule has 1 aliphatic heterocycles. The van der Waals surface area contributed by atoms with Crippen LogP contribution in [0.15, 0.2) is 0 Å². The van der Waals surface area contributed by atoms with Crippen molar-refractivity contribution in [3.63, 3.8) is 0 Å². The second kappa shape index (κ2) is 4.07. The maximum absolute atomic E-state index is 5.60. The monoisotopic (exact) mass is 156 g/mol. The van der Waals surface area contributed by atoms with Crippen molar-refractivity contribution >= 4 is 0 Å². The summed E-state index contributed by atoms with van der Waals surface area (Å²) >= 11 is 0. The number of nitrogens with one attached hydrogen (secondary N) is 1. The van der Waals surface area contributed by atoms with E-state index < -0.39 is 0 Å². The lowest BCUT2D eigenvalue weighted by atomic mass is 10.0. The minimum absolute atomic E-state index is 0.256. The molecule has 2 heteroatoms. The van der Waals surface area contributed by atoms with Crippen LogP contribution >= 0.6 is 0 Å². The minimum atomic E-state index is 0.256. The zero-order chi connectivity index (χ0) is 8.27. The summed E-state index contributed by atoms with van der Waals surface area (Å²) in [5.74, 6) is 0.696. The maximum atomic E-state index is 5.60. The van der Waals surface area contributed by atoms with Gasteiger partial charge in [-0.15, -0.1) is 0 Å². The minimum Gasteiger partial charge on any atom is -0.361 e. The van der Waals surface area contributed by atoms with E-state index in [1.165, 1.54) is 0 Å². The first kappa shape index (κ1) is 9.01. The fourth-order valence-electron chi connectivity index (χ4n) is 1.27. The summed E-state index contributed by atoms with van der Waals surface area (Å²) in [7, 11) is 0. The Hall–Kier alpha value is -0.0800. The molecule has 0 aromatic rings. The summed E-state index contributed by atoms with van der Waals surface area (Å²) in [4.78, 5) is 0. The summed E-state index contributed by atoms with van der Waals surface area (Å²) in [6.07, 6.45) is 3.95. The van der Waals surface area contributed by atoms with E-state index in [9.17, 15) is 0 Å². The first-order valence-electron chi connectivity index (χ1n) is 4.40. The van der Waals surface area contributed by atoms with Gasteiger partial charge in [-0.05, 0) is 32.6 Å². The smallest absolute Gasteiger partial charge is 0.108 e. The molecule has 1 heterocycles. The number of rotatable bonds is 2. The highest BCUT2D eigenvalue weighted by atomic mass is 16.5. The van der Waals surface area contributed by atoms with Crippen LogP contribution in [0, 0.1) is 12.3 Å². The molecule has 2 nitrogen and oxygen atoms in total. The molecule has 65 valence electrons. The number of piperidine rings is 1. The molecule has 1 rings (SSSR count). The van der Waals surface area contributed by atoms with E-state index in [1.54, 1.807) is 0 Å². The third kappa shape index (κ3) is 3.21. The Morgan fingerprint density at radius 1 is 1.55 bits per heavy atom. The molecule has 2 unspecified atom stereocenters. The van der Waals surface area contributed by atoms with Gasteiger partial charge in [0.05, 0.1) is 6.10 Å². The SMILES string of the molecule is CC1[CH]CC(OC(C)C)NC1. The summed E-state index contributed by atoms with van der Waals surface area (Å²) < 4.78 is 5.60. The molecule has 1 saturated heterocycles. The van der Waals surface area contributed by atoms with Gasteiger partial charge >= 0.3 is 0 Å². The Balaban J connectivity index is 2.17. The summed E-state index contributed by atoms with van der Waals surface area (Å²) in [6, 6.07) is 0. The van der Waals surface area contributed by atoms with Crippen LogP contribution in [0.5, 0.6) is 0 Å². The Labute approximate surface area is 69.3 Å². The maximum Gasteiger partial charge on any atom is 0.108 e. The van der Waals surface area contributed by atoms with E-state index in [0.717, 1.165) is 13.0 Å². The molecule has 0 amide bonds. The molecule has 1 radical (unpaired) electrons. The zero-order valence-electron chi connectivity index (χ0n) is 7.63. The molecule has 0 spiro atoms. The molecular weight excluding hydrogens is 138 g/mol. The van der Waals surface area contributed by atoms with E-state index in [4.69, 9.17) is 4.74 Å². The molecule has 2 atom stereocenters. The van der Waals surface area contributed by atoms with E-state index in [1.807, 2.05) is 0 Å². The van der Waals surface area contributed by atoms with Crippen LogP contribution in [0.2, 0.25) is 0 Å². The highest BCUT2D eigenvalue weighted by Gasteiger charge is 2.18. The Morgan fingerprint density at radius 3 is 2.73 bits per heavy atom. The van der Waals surface area contributed by atoms with Crippen molar-refractivity contribution in [1.29, 1.82) is 0 Å². The predicted octanol–water partition coefficient (Wildman–Crippen LogP) is 1.57. The molecule has 0 aliphatic carbocycles. The van der Waals surface area contributed by atoms with Gasteiger partial charge in [-0.25, -0.2) is 0 Å². The first-order chi connectivity index (χ1) is 5.18. The second-order valence-electron chi connectivity index (χ2n) is 3.53. The lowest BCUT2D eigenvalue weighted by molar-refractivity contribution is -0.0218. The van der Waals surface area contributed by atoms with Crippen LogP contribution in [0.1, 0.15) is 27.2 Å². The molecule has 11 heavy (non-hydrogen) atoms. The first-order valence-corrected chi connectivity index (χ1v) is 4.40. The highest BCUT2D eigenvalue weighted by Crippen LogP contribution is 2.13. The normalized spacial score (nSPS) is 32.7. The van der Waals surface area contributed by atoms with Crippen LogP contribution in [0.4, 0.5) is 0 Å². The van der Waals surface area contributed by atoms with Crippen LogP contribution in [-0.4, -0.2) is 18.9 Å². The standard InChI is InChI=1S/C9H18NO/c1-7(2)11-9-5-4-8(3)6-10-9/h4,7-10H,5-6H2,1-3H3. The van der Waals surface area contributed by atoms with Gasteiger partial charge in [0.25, 0.3) is 0 Å². The zero-order valence-corrected chi connectivity index (χ0v) is 7.63. The number of ether oxygens (including phenoxy) is 1. The number of hydrogen-bond acceptors (Lipinski definition) is 2. The fourth-order valence-corrected chi connectivity index (χ4v) is 1.27. The summed E-state index contributed by atoms with van der Waals surface area (Å²) in [5.41, 5.74) is 0. The highest BCUT2D eigenvalue weighted by molar-refractivity contribution is 4.83. The van der Waals surface area contributed by atoms with Crippen molar-refractivity contribution in [3.05, 3.63) is 6.42 Å². The molecule has 0 aromatic heterocycles. The Morgan fingerprint density at radius 2 is 2.27 bits per heavy atom. The van der Waals surface area contributed by atoms with Crippen LogP contribution in [0.25, 0.3) is 0 Å². The quantitative estimate of drug-likeness (QED) is 0.655. The average Bonchev–Trinajstić information content (AvgIpc) is 1.93. The van der Waals surface area contributed by atoms with E-state index >= 15 is 0 Å². The van der Waals surface area contributed by atoms with Gasteiger partial charge in [-0.2, -0.15) is 0 Å². The topological polar surface area (TPSA) is 21.3 Å². The molecule has 1 fully saturated rings. The van der Waals surface area contributed by atoms with Crippen molar-refractivity contribution in [2.75, 3.05) is 6.54 Å². The van der Waals surface area contributed by atoms with E-state index in [0.29, 0.717) is 12.0 Å². The molecule has 0 bridgehead atoms. The Kier molecular flexibility index (Phi) is 3.34. The van der Waals surface area contributed by atoms with Crippen molar-refractivity contribution in [2.24, 2.45) is 5.92 Å². The van der Waals surface area contributed by atoms with Crippen LogP contribution < -0.4 is 5.32 Å². The molecular formula is C9H18NO. The number of hydrogen-bond donors (Lipinski definition) is 1. The van der Waals surface area contributed by atoms with Crippen molar-refractivity contribution in [2.45, 2.75) is 39.5 Å². The van der Waals surface area contributed by atoms with E-state index in [-0.39, 0.29) is 6.23 Å². The van der Waals surface area contributed by atoms with Gasteiger partial charge in [-0.1, -0.05) is 6.92 Å². The van der Waals surface area contributed by atoms with Gasteiger partial charge in [0, 0.05) is 6.54 Å². The molecule has 0 aromatic carbocycles. The van der Waals surface area contributed by atoms with Crippen molar-refractivity contribution in [1.82, 2.24) is 5.32 Å². The lowest BCUT2D eigenvalue weighted by Gasteiger charge is -2.28. The predicted molar refractivity (Wildman–Crippen MR) is 46.1 cm³/mol. The summed E-state index contributed by atoms with van der Waals surface area (Å²) in [6.45, 7) is 7.41.